The number of hydrogen-bond acceptors (Lipinski definition) is 2. The summed E-state index contributed by atoms with van der Waals surface area (Å²) in [7, 11) is 0. The number of halogens is 1. The molecule has 0 saturated heterocycles. The second-order valence-corrected chi connectivity index (χ2v) is 3.48. The lowest BCUT2D eigenvalue weighted by atomic mass is 10.3. The zero-order valence-corrected chi connectivity index (χ0v) is 7.98. The van der Waals surface area contributed by atoms with Crippen molar-refractivity contribution in [2.45, 2.75) is 19.9 Å². The van der Waals surface area contributed by atoms with E-state index in [0.29, 0.717) is 0 Å². The Kier molecular flexibility index (Phi) is 1.64. The van der Waals surface area contributed by atoms with Crippen molar-refractivity contribution in [2.24, 2.45) is 0 Å². The van der Waals surface area contributed by atoms with Crippen LogP contribution < -0.4 is 5.32 Å². The van der Waals surface area contributed by atoms with Crippen molar-refractivity contribution in [3.8, 4) is 0 Å². The summed E-state index contributed by atoms with van der Waals surface area (Å²) in [6.07, 6.45) is 1.19. The lowest BCUT2D eigenvalue weighted by Crippen LogP contribution is -2.17. The summed E-state index contributed by atoms with van der Waals surface area (Å²) in [6, 6.07) is 0. The van der Waals surface area contributed by atoms with Crippen LogP contribution in [0.3, 0.4) is 0 Å². The highest BCUT2D eigenvalue weighted by Gasteiger charge is 2.14. The molecule has 0 fully saturated rings. The standard InChI is InChI=1S/C7H10BrN3/c1-5-10-6(8)7-9-3-2-4-11(5)7/h9H,2-4H2,1H3. The molecule has 1 aliphatic rings. The van der Waals surface area contributed by atoms with Crippen LogP contribution in [-0.2, 0) is 6.54 Å². The van der Waals surface area contributed by atoms with Gasteiger partial charge in [0.1, 0.15) is 16.2 Å². The summed E-state index contributed by atoms with van der Waals surface area (Å²) >= 11 is 3.41. The molecule has 0 aromatic carbocycles. The molecule has 0 unspecified atom stereocenters. The third-order valence-electron chi connectivity index (χ3n) is 1.97. The maximum Gasteiger partial charge on any atom is 0.148 e. The van der Waals surface area contributed by atoms with Gasteiger partial charge in [-0.05, 0) is 29.3 Å². The molecule has 0 bridgehead atoms. The fourth-order valence-electron chi connectivity index (χ4n) is 1.41. The first kappa shape index (κ1) is 7.16. The van der Waals surface area contributed by atoms with Gasteiger partial charge in [-0.2, -0.15) is 0 Å². The monoisotopic (exact) mass is 215 g/mol. The Hall–Kier alpha value is -0.510. The maximum atomic E-state index is 4.31. The van der Waals surface area contributed by atoms with Crippen LogP contribution in [0.2, 0.25) is 0 Å². The molecule has 0 aliphatic carbocycles. The minimum Gasteiger partial charge on any atom is -0.369 e. The third-order valence-corrected chi connectivity index (χ3v) is 2.52. The number of imidazole rings is 1. The number of aromatic nitrogens is 2. The Bertz CT molecular complexity index is 253. The zero-order chi connectivity index (χ0) is 7.84. The number of nitrogens with zero attached hydrogens (tertiary/aromatic N) is 2. The van der Waals surface area contributed by atoms with Gasteiger partial charge in [0.2, 0.25) is 0 Å². The second-order valence-electron chi connectivity index (χ2n) is 2.73. The topological polar surface area (TPSA) is 29.9 Å². The van der Waals surface area contributed by atoms with Crippen LogP contribution in [0.1, 0.15) is 12.2 Å². The average molecular weight is 216 g/mol. The van der Waals surface area contributed by atoms with Crippen LogP contribution in [0, 0.1) is 6.92 Å². The molecule has 3 nitrogen and oxygen atoms in total. The van der Waals surface area contributed by atoms with Gasteiger partial charge >= 0.3 is 0 Å². The lowest BCUT2D eigenvalue weighted by molar-refractivity contribution is 0.614. The highest BCUT2D eigenvalue weighted by molar-refractivity contribution is 9.10. The summed E-state index contributed by atoms with van der Waals surface area (Å²) in [5.41, 5.74) is 0. The first-order valence-corrected chi connectivity index (χ1v) is 4.55. The van der Waals surface area contributed by atoms with Gasteiger partial charge < -0.3 is 9.88 Å². The van der Waals surface area contributed by atoms with E-state index in [9.17, 15) is 0 Å². The Balaban J connectivity index is 2.52. The van der Waals surface area contributed by atoms with Gasteiger partial charge in [-0.3, -0.25) is 0 Å². The van der Waals surface area contributed by atoms with Gasteiger partial charge in [0, 0.05) is 13.1 Å². The van der Waals surface area contributed by atoms with Gasteiger partial charge in [0.25, 0.3) is 0 Å². The van der Waals surface area contributed by atoms with Gasteiger partial charge in [0.15, 0.2) is 0 Å². The van der Waals surface area contributed by atoms with E-state index in [-0.39, 0.29) is 0 Å². The van der Waals surface area contributed by atoms with Crippen LogP contribution in [0.5, 0.6) is 0 Å². The summed E-state index contributed by atoms with van der Waals surface area (Å²) in [6.45, 7) is 4.18. The molecule has 1 aliphatic heterocycles. The van der Waals surface area contributed by atoms with E-state index >= 15 is 0 Å². The molecular formula is C7H10BrN3. The number of nitrogens with one attached hydrogen (secondary N) is 1. The lowest BCUT2D eigenvalue weighted by Gasteiger charge is -2.17. The smallest absolute Gasteiger partial charge is 0.148 e. The largest absolute Gasteiger partial charge is 0.369 e. The van der Waals surface area contributed by atoms with E-state index in [2.05, 4.69) is 30.8 Å². The first-order chi connectivity index (χ1) is 5.29. The SMILES string of the molecule is Cc1nc(Br)c2n1CCCN2. The predicted molar refractivity (Wildman–Crippen MR) is 47.8 cm³/mol. The molecule has 1 N–H and O–H groups in total. The first-order valence-electron chi connectivity index (χ1n) is 3.75. The highest BCUT2D eigenvalue weighted by Crippen LogP contribution is 2.25. The van der Waals surface area contributed by atoms with Crippen molar-refractivity contribution in [2.75, 3.05) is 11.9 Å². The molecule has 0 spiro atoms. The normalized spacial score (nSPS) is 15.8. The van der Waals surface area contributed by atoms with Crippen molar-refractivity contribution in [3.05, 3.63) is 10.4 Å². The fraction of sp³-hybridized carbons (Fsp3) is 0.571. The Morgan fingerprint density at radius 1 is 1.64 bits per heavy atom. The summed E-state index contributed by atoms with van der Waals surface area (Å²) in [5, 5.41) is 3.31. The van der Waals surface area contributed by atoms with E-state index in [1.54, 1.807) is 0 Å². The molecule has 1 aromatic rings. The minimum absolute atomic E-state index is 0.940. The maximum absolute atomic E-state index is 4.31. The summed E-state index contributed by atoms with van der Waals surface area (Å²) < 4.78 is 3.14. The fourth-order valence-corrected chi connectivity index (χ4v) is 2.03. The molecule has 0 amide bonds. The zero-order valence-electron chi connectivity index (χ0n) is 6.39. The number of anilines is 1. The second kappa shape index (κ2) is 2.52. The molecule has 0 radical (unpaired) electrons. The van der Waals surface area contributed by atoms with Gasteiger partial charge in [0.05, 0.1) is 0 Å². The van der Waals surface area contributed by atoms with Crippen LogP contribution in [0.25, 0.3) is 0 Å². The number of hydrogen-bond donors (Lipinski definition) is 1. The van der Waals surface area contributed by atoms with E-state index < -0.39 is 0 Å². The van der Waals surface area contributed by atoms with E-state index in [4.69, 9.17) is 0 Å². The van der Waals surface area contributed by atoms with Crippen LogP contribution in [0.15, 0.2) is 4.60 Å². The molecule has 0 saturated carbocycles. The molecule has 11 heavy (non-hydrogen) atoms. The van der Waals surface area contributed by atoms with Crippen molar-refractivity contribution in [1.82, 2.24) is 9.55 Å². The number of fused-ring (bicyclic) bond motifs is 1. The van der Waals surface area contributed by atoms with Crippen LogP contribution in [0.4, 0.5) is 5.82 Å². The Morgan fingerprint density at radius 3 is 3.18 bits per heavy atom. The van der Waals surface area contributed by atoms with E-state index in [0.717, 1.165) is 29.3 Å². The molecule has 0 atom stereocenters. The summed E-state index contributed by atoms with van der Waals surface area (Å²) in [4.78, 5) is 4.31. The van der Waals surface area contributed by atoms with Gasteiger partial charge in [-0.15, -0.1) is 0 Å². The van der Waals surface area contributed by atoms with Crippen molar-refractivity contribution < 1.29 is 0 Å². The minimum atomic E-state index is 0.940. The van der Waals surface area contributed by atoms with E-state index in [1.807, 2.05) is 6.92 Å². The molecule has 2 rings (SSSR count). The van der Waals surface area contributed by atoms with Crippen molar-refractivity contribution in [3.63, 3.8) is 0 Å². The number of rotatable bonds is 0. The van der Waals surface area contributed by atoms with E-state index in [1.165, 1.54) is 6.42 Å². The molecular weight excluding hydrogens is 206 g/mol. The molecule has 1 aromatic heterocycles. The van der Waals surface area contributed by atoms with Crippen molar-refractivity contribution >= 4 is 21.7 Å². The van der Waals surface area contributed by atoms with Gasteiger partial charge in [-0.1, -0.05) is 0 Å². The quantitative estimate of drug-likeness (QED) is 0.716. The Labute approximate surface area is 73.9 Å². The van der Waals surface area contributed by atoms with Gasteiger partial charge in [-0.25, -0.2) is 4.98 Å². The van der Waals surface area contributed by atoms with Crippen molar-refractivity contribution in [1.29, 1.82) is 0 Å². The van der Waals surface area contributed by atoms with Crippen LogP contribution >= 0.6 is 15.9 Å². The predicted octanol–water partition coefficient (Wildman–Crippen LogP) is 1.77. The number of aryl methyl sites for hydroxylation is 1. The highest BCUT2D eigenvalue weighted by atomic mass is 79.9. The third kappa shape index (κ3) is 1.05. The average Bonchev–Trinajstić information content (AvgIpc) is 2.30. The van der Waals surface area contributed by atoms with Crippen LogP contribution in [-0.4, -0.2) is 16.1 Å². The Morgan fingerprint density at radius 2 is 2.45 bits per heavy atom. The molecule has 2 heterocycles. The molecule has 4 heteroatoms. The molecule has 60 valence electrons. The summed E-state index contributed by atoms with van der Waals surface area (Å²) in [5.74, 6) is 2.22.